The van der Waals surface area contributed by atoms with Gasteiger partial charge in [-0.25, -0.2) is 4.79 Å². The number of urea groups is 1. The van der Waals surface area contributed by atoms with Gasteiger partial charge in [0.25, 0.3) is 0 Å². The summed E-state index contributed by atoms with van der Waals surface area (Å²) in [6.45, 7) is 3.59. The SMILES string of the molecule is CC1CCCN(C(=O)Nc2ccccc2C#CCO)C1. The van der Waals surface area contributed by atoms with Crippen LogP contribution in [0, 0.1) is 17.8 Å². The van der Waals surface area contributed by atoms with Crippen LogP contribution in [0.1, 0.15) is 25.3 Å². The van der Waals surface area contributed by atoms with Gasteiger partial charge in [0, 0.05) is 18.7 Å². The molecule has 2 rings (SSSR count). The van der Waals surface area contributed by atoms with Crippen molar-refractivity contribution in [1.82, 2.24) is 4.90 Å². The fourth-order valence-corrected chi connectivity index (χ4v) is 2.40. The van der Waals surface area contributed by atoms with Gasteiger partial charge < -0.3 is 15.3 Å². The van der Waals surface area contributed by atoms with Crippen molar-refractivity contribution >= 4 is 11.7 Å². The molecular formula is C16H20N2O2. The molecule has 1 aliphatic rings. The van der Waals surface area contributed by atoms with Crippen LogP contribution in [-0.2, 0) is 0 Å². The standard InChI is InChI=1S/C16H20N2O2/c1-13-6-4-10-18(12-13)16(20)17-15-9-3-2-7-14(15)8-5-11-19/h2-3,7,9,13,19H,4,6,10-12H2,1H3,(H,17,20). The zero-order chi connectivity index (χ0) is 14.4. The number of carbonyl (C=O) groups excluding carboxylic acids is 1. The lowest BCUT2D eigenvalue weighted by molar-refractivity contribution is 0.182. The average molecular weight is 272 g/mol. The second-order valence-corrected chi connectivity index (χ2v) is 5.13. The third-order valence-corrected chi connectivity index (χ3v) is 3.42. The van der Waals surface area contributed by atoms with E-state index in [1.807, 2.05) is 29.2 Å². The maximum Gasteiger partial charge on any atom is 0.321 e. The summed E-state index contributed by atoms with van der Waals surface area (Å²) in [6, 6.07) is 7.30. The Balaban J connectivity index is 2.07. The molecule has 1 aliphatic heterocycles. The van der Waals surface area contributed by atoms with E-state index in [1.165, 1.54) is 6.42 Å². The fourth-order valence-electron chi connectivity index (χ4n) is 2.40. The number of piperidine rings is 1. The topological polar surface area (TPSA) is 52.6 Å². The maximum atomic E-state index is 12.3. The number of nitrogens with zero attached hydrogens (tertiary/aromatic N) is 1. The van der Waals surface area contributed by atoms with E-state index in [9.17, 15) is 4.79 Å². The van der Waals surface area contributed by atoms with Crippen LogP contribution in [0.4, 0.5) is 10.5 Å². The van der Waals surface area contributed by atoms with E-state index in [-0.39, 0.29) is 12.6 Å². The van der Waals surface area contributed by atoms with Crippen LogP contribution in [0.2, 0.25) is 0 Å². The van der Waals surface area contributed by atoms with E-state index >= 15 is 0 Å². The van der Waals surface area contributed by atoms with Crippen LogP contribution in [0.3, 0.4) is 0 Å². The normalized spacial score (nSPS) is 18.1. The highest BCUT2D eigenvalue weighted by Crippen LogP contribution is 2.18. The van der Waals surface area contributed by atoms with Crippen molar-refractivity contribution in [3.8, 4) is 11.8 Å². The molecule has 2 amide bonds. The van der Waals surface area contributed by atoms with Crippen molar-refractivity contribution in [2.75, 3.05) is 25.0 Å². The zero-order valence-corrected chi connectivity index (χ0v) is 11.7. The van der Waals surface area contributed by atoms with Gasteiger partial charge in [0.05, 0.1) is 5.69 Å². The van der Waals surface area contributed by atoms with E-state index in [4.69, 9.17) is 5.11 Å². The summed E-state index contributed by atoms with van der Waals surface area (Å²) < 4.78 is 0. The number of benzene rings is 1. The molecule has 0 spiro atoms. The highest BCUT2D eigenvalue weighted by molar-refractivity contribution is 5.91. The molecule has 4 heteroatoms. The molecule has 0 radical (unpaired) electrons. The predicted molar refractivity (Wildman–Crippen MR) is 79.4 cm³/mol. The second kappa shape index (κ2) is 6.97. The van der Waals surface area contributed by atoms with E-state index in [0.717, 1.165) is 25.1 Å². The van der Waals surface area contributed by atoms with Crippen molar-refractivity contribution in [2.45, 2.75) is 19.8 Å². The third-order valence-electron chi connectivity index (χ3n) is 3.42. The van der Waals surface area contributed by atoms with E-state index in [0.29, 0.717) is 11.6 Å². The number of rotatable bonds is 1. The van der Waals surface area contributed by atoms with Gasteiger partial charge in [-0.2, -0.15) is 0 Å². The number of para-hydroxylation sites is 1. The van der Waals surface area contributed by atoms with Gasteiger partial charge in [-0.05, 0) is 30.9 Å². The fraction of sp³-hybridized carbons (Fsp3) is 0.438. The molecule has 2 N–H and O–H groups in total. The highest BCUT2D eigenvalue weighted by Gasteiger charge is 2.21. The first kappa shape index (κ1) is 14.4. The number of hydrogen-bond acceptors (Lipinski definition) is 2. The van der Waals surface area contributed by atoms with Crippen molar-refractivity contribution in [3.63, 3.8) is 0 Å². The quantitative estimate of drug-likeness (QED) is 0.771. The lowest BCUT2D eigenvalue weighted by Gasteiger charge is -2.31. The number of aliphatic hydroxyl groups excluding tert-OH is 1. The summed E-state index contributed by atoms with van der Waals surface area (Å²) in [5.41, 5.74) is 1.41. The van der Waals surface area contributed by atoms with Gasteiger partial charge in [-0.3, -0.25) is 0 Å². The molecule has 1 atom stereocenters. The second-order valence-electron chi connectivity index (χ2n) is 5.13. The highest BCUT2D eigenvalue weighted by atomic mass is 16.2. The van der Waals surface area contributed by atoms with Crippen molar-refractivity contribution in [2.24, 2.45) is 5.92 Å². The summed E-state index contributed by atoms with van der Waals surface area (Å²) in [6.07, 6.45) is 2.24. The first-order valence-corrected chi connectivity index (χ1v) is 6.95. The molecule has 1 saturated heterocycles. The number of aliphatic hydroxyl groups is 1. The van der Waals surface area contributed by atoms with E-state index < -0.39 is 0 Å². The lowest BCUT2D eigenvalue weighted by atomic mass is 10.0. The Bertz CT molecular complexity index is 531. The molecule has 1 aromatic rings. The van der Waals surface area contributed by atoms with Crippen LogP contribution >= 0.6 is 0 Å². The molecule has 0 aliphatic carbocycles. The van der Waals surface area contributed by atoms with Crippen LogP contribution < -0.4 is 5.32 Å². The number of nitrogens with one attached hydrogen (secondary N) is 1. The Morgan fingerprint density at radius 1 is 1.50 bits per heavy atom. The molecule has 4 nitrogen and oxygen atoms in total. The first-order valence-electron chi connectivity index (χ1n) is 6.95. The largest absolute Gasteiger partial charge is 0.384 e. The number of carbonyl (C=O) groups is 1. The predicted octanol–water partition coefficient (Wildman–Crippen LogP) is 2.29. The zero-order valence-electron chi connectivity index (χ0n) is 11.7. The van der Waals surface area contributed by atoms with Crippen LogP contribution in [0.25, 0.3) is 0 Å². The Labute approximate surface area is 119 Å². The maximum absolute atomic E-state index is 12.3. The molecule has 1 heterocycles. The van der Waals surface area contributed by atoms with Crippen LogP contribution in [-0.4, -0.2) is 35.7 Å². The summed E-state index contributed by atoms with van der Waals surface area (Å²) in [5.74, 6) is 6.01. The van der Waals surface area contributed by atoms with E-state index in [2.05, 4.69) is 24.1 Å². The van der Waals surface area contributed by atoms with Crippen LogP contribution in [0.5, 0.6) is 0 Å². The molecule has 20 heavy (non-hydrogen) atoms. The van der Waals surface area contributed by atoms with E-state index in [1.54, 1.807) is 0 Å². The molecule has 0 aromatic heterocycles. The van der Waals surface area contributed by atoms with Crippen molar-refractivity contribution in [1.29, 1.82) is 0 Å². The first-order chi connectivity index (χ1) is 9.70. The molecule has 0 saturated carbocycles. The summed E-state index contributed by atoms with van der Waals surface area (Å²) in [7, 11) is 0. The van der Waals surface area contributed by atoms with Crippen molar-refractivity contribution < 1.29 is 9.90 Å². The molecule has 106 valence electrons. The Hall–Kier alpha value is -1.99. The minimum absolute atomic E-state index is 0.0743. The van der Waals surface area contributed by atoms with Gasteiger partial charge in [-0.15, -0.1) is 0 Å². The minimum atomic E-state index is -0.189. The summed E-state index contributed by atoms with van der Waals surface area (Å²) in [5, 5.41) is 11.7. The van der Waals surface area contributed by atoms with Gasteiger partial charge in [0.2, 0.25) is 0 Å². The number of amides is 2. The van der Waals surface area contributed by atoms with Gasteiger partial charge >= 0.3 is 6.03 Å². The molecule has 0 bridgehead atoms. The molecule has 1 fully saturated rings. The third kappa shape index (κ3) is 3.75. The number of hydrogen-bond donors (Lipinski definition) is 2. The Morgan fingerprint density at radius 2 is 2.30 bits per heavy atom. The lowest BCUT2D eigenvalue weighted by Crippen LogP contribution is -2.41. The van der Waals surface area contributed by atoms with Crippen molar-refractivity contribution in [3.05, 3.63) is 29.8 Å². The van der Waals surface area contributed by atoms with Gasteiger partial charge in [-0.1, -0.05) is 30.9 Å². The molecular weight excluding hydrogens is 252 g/mol. The Kier molecular flexibility index (Phi) is 5.03. The molecule has 1 unspecified atom stereocenters. The van der Waals surface area contributed by atoms with Gasteiger partial charge in [0.15, 0.2) is 0 Å². The van der Waals surface area contributed by atoms with Gasteiger partial charge in [0.1, 0.15) is 6.61 Å². The summed E-state index contributed by atoms with van der Waals surface area (Å²) >= 11 is 0. The molecule has 1 aromatic carbocycles. The average Bonchev–Trinajstić information content (AvgIpc) is 2.46. The number of anilines is 1. The number of likely N-dealkylation sites (tertiary alicyclic amines) is 1. The monoisotopic (exact) mass is 272 g/mol. The van der Waals surface area contributed by atoms with Crippen LogP contribution in [0.15, 0.2) is 24.3 Å². The summed E-state index contributed by atoms with van der Waals surface area (Å²) in [4.78, 5) is 14.1. The minimum Gasteiger partial charge on any atom is -0.384 e. The smallest absolute Gasteiger partial charge is 0.321 e. The Morgan fingerprint density at radius 3 is 3.05 bits per heavy atom.